The van der Waals surface area contributed by atoms with Crippen LogP contribution in [0.5, 0.6) is 0 Å². The molecule has 4 heterocycles. The molecule has 4 aromatic heterocycles. The van der Waals surface area contributed by atoms with E-state index < -0.39 is 5.41 Å². The van der Waals surface area contributed by atoms with E-state index in [2.05, 4.69) is 419 Å². The van der Waals surface area contributed by atoms with Gasteiger partial charge in [0.15, 0.2) is 0 Å². The molecule has 0 bridgehead atoms. The second-order valence-electron chi connectivity index (χ2n) is 30.9. The van der Waals surface area contributed by atoms with Gasteiger partial charge in [0.2, 0.25) is 0 Å². The van der Waals surface area contributed by atoms with E-state index in [1.54, 1.807) is 0 Å². The zero-order chi connectivity index (χ0) is 73.7. The van der Waals surface area contributed by atoms with Crippen molar-refractivity contribution in [3.8, 4) is 89.5 Å². The average molecular weight is 1430 g/mol. The van der Waals surface area contributed by atoms with Crippen molar-refractivity contribution in [3.63, 3.8) is 0 Å². The van der Waals surface area contributed by atoms with Gasteiger partial charge in [-0.1, -0.05) is 261 Å². The molecular weight excluding hydrogens is 1370 g/mol. The predicted molar refractivity (Wildman–Crippen MR) is 474 cm³/mol. The quantitative estimate of drug-likeness (QED) is 0.135. The summed E-state index contributed by atoms with van der Waals surface area (Å²) in [6.45, 7) is 0. The summed E-state index contributed by atoms with van der Waals surface area (Å²) in [5, 5.41) is 17.3. The lowest BCUT2D eigenvalue weighted by molar-refractivity contribution is 0.792. The van der Waals surface area contributed by atoms with Crippen LogP contribution in [0.1, 0.15) is 22.3 Å². The molecule has 522 valence electrons. The zero-order valence-corrected chi connectivity index (χ0v) is 61.4. The molecule has 4 heteroatoms. The van der Waals surface area contributed by atoms with Crippen LogP contribution in [0, 0.1) is 0 Å². The normalized spacial score (nSPS) is 13.7. The number of hydrogen-bond acceptors (Lipinski definition) is 0. The molecule has 1 spiro atoms. The highest BCUT2D eigenvalue weighted by Crippen LogP contribution is 2.65. The minimum Gasteiger partial charge on any atom is -0.309 e. The number of hydrogen-bond donors (Lipinski definition) is 0. The van der Waals surface area contributed by atoms with Crippen molar-refractivity contribution in [2.45, 2.75) is 5.41 Å². The van der Waals surface area contributed by atoms with Gasteiger partial charge in [-0.3, -0.25) is 0 Å². The van der Waals surface area contributed by atoms with Crippen LogP contribution in [-0.4, -0.2) is 18.3 Å². The van der Waals surface area contributed by atoms with Gasteiger partial charge in [-0.2, -0.15) is 0 Å². The Morgan fingerprint density at radius 3 is 0.903 bits per heavy atom. The van der Waals surface area contributed by atoms with Gasteiger partial charge in [0.1, 0.15) is 0 Å². The van der Waals surface area contributed by atoms with Gasteiger partial charge < -0.3 is 18.3 Å². The first kappa shape index (κ1) is 62.1. The molecule has 0 aliphatic heterocycles. The molecular formula is C109H66N4. The first-order valence-corrected chi connectivity index (χ1v) is 39.3. The Morgan fingerprint density at radius 1 is 0.142 bits per heavy atom. The van der Waals surface area contributed by atoms with Gasteiger partial charge in [-0.05, 0) is 261 Å². The zero-order valence-electron chi connectivity index (χ0n) is 61.4. The summed E-state index contributed by atoms with van der Waals surface area (Å²) in [5.41, 5.74) is 33.5. The van der Waals surface area contributed by atoms with E-state index in [1.807, 2.05) is 0 Å². The highest BCUT2D eigenvalue weighted by atomic mass is 15.0. The van der Waals surface area contributed by atoms with E-state index in [0.717, 1.165) is 22.7 Å². The van der Waals surface area contributed by atoms with Gasteiger partial charge in [0, 0.05) is 65.8 Å². The molecule has 1 unspecified atom stereocenters. The largest absolute Gasteiger partial charge is 0.309 e. The van der Waals surface area contributed by atoms with E-state index in [1.165, 1.54) is 209 Å². The van der Waals surface area contributed by atoms with Crippen LogP contribution in [-0.2, 0) is 5.41 Å². The molecule has 25 rings (SSSR count). The van der Waals surface area contributed by atoms with Crippen molar-refractivity contribution in [1.82, 2.24) is 18.3 Å². The fourth-order valence-electron chi connectivity index (χ4n) is 20.5. The minimum atomic E-state index is -0.600. The van der Waals surface area contributed by atoms with E-state index in [-0.39, 0.29) is 0 Å². The lowest BCUT2D eigenvalue weighted by Gasteiger charge is -2.31. The summed E-state index contributed by atoms with van der Waals surface area (Å²) >= 11 is 0. The molecule has 0 amide bonds. The highest BCUT2D eigenvalue weighted by molar-refractivity contribution is 6.27. The van der Waals surface area contributed by atoms with Gasteiger partial charge in [0.05, 0.1) is 49.5 Å². The van der Waals surface area contributed by atoms with Crippen molar-refractivity contribution < 1.29 is 0 Å². The molecule has 0 saturated heterocycles. The third-order valence-electron chi connectivity index (χ3n) is 25.3. The summed E-state index contributed by atoms with van der Waals surface area (Å²) in [7, 11) is 0. The standard InChI is InChI=1S/C109H66N4/c1-4-23-74(24-5-1)110-100-40-19-14-32-85(100)91-60-68(45-54-103(91)110)69-47-56-105-93(62-69)87-34-16-21-42-102(87)113(105)77-50-53-84-83-31-12-17-37-96(83)109(99(84)66-77)97-38-18-13-35-88(97)108-78(36-22-39-98(108)109)73-44-52-82-89-59-67(43-51-81(89)79-29-10-11-30-80(79)90(82)65-73)71-48-57-106-94(63-71)95-64-72(49-58-107(95)112(106)76-27-8-3-9-28-76)70-46-55-104-92(61-70)86-33-15-20-41-101(86)111(104)75-25-6-2-7-26-75/h1-66H. The van der Waals surface area contributed by atoms with E-state index in [4.69, 9.17) is 0 Å². The summed E-state index contributed by atoms with van der Waals surface area (Å²) in [5.74, 6) is 0. The SMILES string of the molecule is c1ccc(-n2c3ccccc3c3cc(-c4ccc5c(c4)c4ccccc4n5-c4ccc5c(c4)C4(c6ccccc6-5)c5ccccc5-c5c(-c6ccc7c8cc(-c9ccc%10c(c9)c9cc(-c%11ccc%12c(c%11)c%11ccccc%11n%12-c%11ccccc%11)ccc9n%10-c9ccccc9)ccc8c8ccccc8c7c6)cccc54)ccc32)cc1. The fraction of sp³-hybridized carbons (Fsp3) is 0.00917. The average Bonchev–Trinajstić information content (AvgIpc) is 1.50. The molecule has 19 aromatic carbocycles. The first-order chi connectivity index (χ1) is 56.1. The molecule has 2 aliphatic rings. The van der Waals surface area contributed by atoms with Crippen LogP contribution in [0.25, 0.3) is 209 Å². The van der Waals surface area contributed by atoms with Gasteiger partial charge in [0.25, 0.3) is 0 Å². The summed E-state index contributed by atoms with van der Waals surface area (Å²) in [4.78, 5) is 0. The highest BCUT2D eigenvalue weighted by Gasteiger charge is 2.52. The molecule has 0 saturated carbocycles. The van der Waals surface area contributed by atoms with Crippen molar-refractivity contribution in [2.75, 3.05) is 0 Å². The van der Waals surface area contributed by atoms with E-state index in [0.29, 0.717) is 0 Å². The second-order valence-corrected chi connectivity index (χ2v) is 30.9. The van der Waals surface area contributed by atoms with Crippen LogP contribution >= 0.6 is 0 Å². The maximum Gasteiger partial charge on any atom is 0.0726 e. The van der Waals surface area contributed by atoms with Crippen molar-refractivity contribution in [3.05, 3.63) is 423 Å². The molecule has 0 fully saturated rings. The van der Waals surface area contributed by atoms with Crippen molar-refractivity contribution in [2.24, 2.45) is 0 Å². The lowest BCUT2D eigenvalue weighted by Crippen LogP contribution is -2.26. The molecule has 1 atom stereocenters. The Balaban J connectivity index is 0.618. The van der Waals surface area contributed by atoms with E-state index in [9.17, 15) is 0 Å². The number of fused-ring (bicyclic) bond motifs is 28. The third-order valence-corrected chi connectivity index (χ3v) is 25.3. The van der Waals surface area contributed by atoms with Crippen LogP contribution in [0.2, 0.25) is 0 Å². The number of nitrogens with zero attached hydrogens (tertiary/aromatic N) is 4. The Hall–Kier alpha value is -14.8. The smallest absolute Gasteiger partial charge is 0.0726 e. The summed E-state index contributed by atoms with van der Waals surface area (Å²) in [6, 6.07) is 151. The maximum atomic E-state index is 2.54. The number of para-hydroxylation sites is 6. The van der Waals surface area contributed by atoms with E-state index >= 15 is 0 Å². The topological polar surface area (TPSA) is 19.7 Å². The molecule has 4 nitrogen and oxygen atoms in total. The number of aromatic nitrogens is 4. The van der Waals surface area contributed by atoms with Crippen molar-refractivity contribution >= 4 is 120 Å². The van der Waals surface area contributed by atoms with Crippen molar-refractivity contribution in [1.29, 1.82) is 0 Å². The van der Waals surface area contributed by atoms with Gasteiger partial charge in [-0.25, -0.2) is 0 Å². The molecule has 0 radical (unpaired) electrons. The molecule has 2 aliphatic carbocycles. The first-order valence-electron chi connectivity index (χ1n) is 39.3. The molecule has 113 heavy (non-hydrogen) atoms. The predicted octanol–water partition coefficient (Wildman–Crippen LogP) is 28.5. The second kappa shape index (κ2) is 23.6. The third kappa shape index (κ3) is 8.75. The van der Waals surface area contributed by atoms with Gasteiger partial charge in [-0.15, -0.1) is 0 Å². The number of rotatable bonds is 8. The van der Waals surface area contributed by atoms with Crippen LogP contribution in [0.4, 0.5) is 0 Å². The Bertz CT molecular complexity index is 8040. The van der Waals surface area contributed by atoms with Crippen LogP contribution < -0.4 is 0 Å². The fourth-order valence-corrected chi connectivity index (χ4v) is 20.5. The Kier molecular flexibility index (Phi) is 13.0. The molecule has 23 aromatic rings. The summed E-state index contributed by atoms with van der Waals surface area (Å²) in [6.07, 6.45) is 0. The number of benzene rings is 19. The Morgan fingerprint density at radius 2 is 0.434 bits per heavy atom. The van der Waals surface area contributed by atoms with Gasteiger partial charge >= 0.3 is 0 Å². The Labute approximate surface area is 651 Å². The van der Waals surface area contributed by atoms with Crippen LogP contribution in [0.3, 0.4) is 0 Å². The van der Waals surface area contributed by atoms with Crippen LogP contribution in [0.15, 0.2) is 400 Å². The molecule has 0 N–H and O–H groups in total. The minimum absolute atomic E-state index is 0.600. The lowest BCUT2D eigenvalue weighted by atomic mass is 9.70. The summed E-state index contributed by atoms with van der Waals surface area (Å²) < 4.78 is 9.74. The monoisotopic (exact) mass is 1430 g/mol. The maximum absolute atomic E-state index is 2.54.